The fourth-order valence-corrected chi connectivity index (χ4v) is 1.75. The van der Waals surface area contributed by atoms with Crippen LogP contribution in [-0.4, -0.2) is 48.2 Å². The molecular weight excluding hydrogens is 238 g/mol. The average Bonchev–Trinajstić information content (AvgIpc) is 2.21. The van der Waals surface area contributed by atoms with Crippen molar-refractivity contribution in [2.45, 2.75) is 16.8 Å². The van der Waals surface area contributed by atoms with Gasteiger partial charge in [0.25, 0.3) is 0 Å². The molecule has 1 fully saturated rings. The number of nitrogens with one attached hydrogen (secondary N) is 1. The second kappa shape index (κ2) is 4.02. The van der Waals surface area contributed by atoms with E-state index in [-0.39, 0.29) is 0 Å². The molecule has 84 valence electrons. The monoisotopic (exact) mass is 243 g/mol. The summed E-state index contributed by atoms with van der Waals surface area (Å²) in [4.78, 5) is 0. The lowest BCUT2D eigenvalue weighted by atomic mass is 9.38. The zero-order chi connectivity index (χ0) is 13.7. The summed E-state index contributed by atoms with van der Waals surface area (Å²) in [5.74, 6) is -4.87. The van der Waals surface area contributed by atoms with E-state index in [0.717, 1.165) is 0 Å². The van der Waals surface area contributed by atoms with E-state index in [1.165, 1.54) is 0 Å². The second-order valence-corrected chi connectivity index (χ2v) is 4.16. The lowest BCUT2D eigenvalue weighted by Gasteiger charge is -2.60. The highest BCUT2D eigenvalue weighted by atomic mass is 19.2. The van der Waals surface area contributed by atoms with Crippen molar-refractivity contribution >= 4 is 31.4 Å². The summed E-state index contributed by atoms with van der Waals surface area (Å²) >= 11 is 0. The first-order valence-corrected chi connectivity index (χ1v) is 4.90. The van der Waals surface area contributed by atoms with Crippen LogP contribution in [-0.2, 0) is 0 Å². The maximum Gasteiger partial charge on any atom is 0.203 e. The molecule has 1 N–H and O–H groups in total. The minimum Gasteiger partial charge on any atom is -0.484 e. The van der Waals surface area contributed by atoms with Gasteiger partial charge in [-0.25, -0.2) is 8.78 Å². The summed E-state index contributed by atoms with van der Waals surface area (Å²) in [6, 6.07) is 1.32. The quantitative estimate of drug-likeness (QED) is 0.554. The molecule has 0 amide bonds. The van der Waals surface area contributed by atoms with Crippen LogP contribution in [0.25, 0.3) is 0 Å². The maximum absolute atomic E-state index is 13.4. The number of hydrogen-bond donors (Lipinski definition) is 1. The molecule has 1 heterocycles. The molecular formula is C9H4B4F3NO. The third kappa shape index (κ3) is 2.05. The molecule has 1 aromatic rings. The molecule has 0 bridgehead atoms. The highest BCUT2D eigenvalue weighted by molar-refractivity contribution is 6.49. The van der Waals surface area contributed by atoms with Crippen molar-refractivity contribution in [1.29, 1.82) is 0 Å². The Morgan fingerprint density at radius 2 is 1.50 bits per heavy atom. The van der Waals surface area contributed by atoms with Gasteiger partial charge in [-0.2, -0.15) is 4.39 Å². The Morgan fingerprint density at radius 3 is 2.00 bits per heavy atom. The van der Waals surface area contributed by atoms with Gasteiger partial charge in [0, 0.05) is 0 Å². The van der Waals surface area contributed by atoms with Gasteiger partial charge in [-0.15, -0.1) is 0 Å². The van der Waals surface area contributed by atoms with Crippen molar-refractivity contribution < 1.29 is 17.9 Å². The van der Waals surface area contributed by atoms with Crippen LogP contribution < -0.4 is 10.1 Å². The van der Waals surface area contributed by atoms with Crippen LogP contribution in [0.4, 0.5) is 13.2 Å². The first-order valence-electron chi connectivity index (χ1n) is 4.90. The molecule has 0 atom stereocenters. The van der Waals surface area contributed by atoms with Crippen LogP contribution >= 0.6 is 0 Å². The number of hydrogen-bond acceptors (Lipinski definition) is 2. The predicted octanol–water partition coefficient (Wildman–Crippen LogP) is -0.564. The summed E-state index contributed by atoms with van der Waals surface area (Å²) in [6.07, 6.45) is -1.34. The molecule has 1 aromatic carbocycles. The van der Waals surface area contributed by atoms with Gasteiger partial charge in [-0.1, -0.05) is 0 Å². The summed E-state index contributed by atoms with van der Waals surface area (Å²) < 4.78 is 44.5. The van der Waals surface area contributed by atoms with Crippen molar-refractivity contribution in [3.8, 4) is 5.75 Å². The minimum atomic E-state index is -1.67. The van der Waals surface area contributed by atoms with E-state index in [0.29, 0.717) is 12.1 Å². The molecule has 0 aromatic heterocycles. The molecule has 0 aliphatic carbocycles. The standard InChI is InChI=1S/C9H4B4F3NO/c10-8(11)7(9(12,13)17-8)18-6-4(15)2-1-3(14)5(6)16/h1-2,7,17H. The SMILES string of the molecule is [B]C1([B])NC([B])([B])C1Oc1c(F)ccc(F)c1F. The topological polar surface area (TPSA) is 21.3 Å². The summed E-state index contributed by atoms with van der Waals surface area (Å²) in [7, 11) is 21.9. The maximum atomic E-state index is 13.4. The predicted molar refractivity (Wildman–Crippen MR) is 62.3 cm³/mol. The molecule has 9 heteroatoms. The molecule has 1 saturated heterocycles. The van der Waals surface area contributed by atoms with E-state index < -0.39 is 40.0 Å². The summed E-state index contributed by atoms with van der Waals surface area (Å²) in [6.45, 7) is 0. The molecule has 1 aliphatic heterocycles. The van der Waals surface area contributed by atoms with Crippen molar-refractivity contribution in [3.05, 3.63) is 29.6 Å². The Kier molecular flexibility index (Phi) is 3.00. The highest BCUT2D eigenvalue weighted by Crippen LogP contribution is 2.33. The number of halogens is 3. The Labute approximate surface area is 107 Å². The lowest BCUT2D eigenvalue weighted by molar-refractivity contribution is 0.0532. The van der Waals surface area contributed by atoms with Crippen molar-refractivity contribution in [3.63, 3.8) is 0 Å². The second-order valence-electron chi connectivity index (χ2n) is 4.16. The Bertz CT molecular complexity index is 483. The number of benzene rings is 1. The van der Waals surface area contributed by atoms with E-state index in [1.807, 2.05) is 0 Å². The zero-order valence-corrected chi connectivity index (χ0v) is 9.08. The molecule has 18 heavy (non-hydrogen) atoms. The van der Waals surface area contributed by atoms with Crippen LogP contribution in [0.1, 0.15) is 0 Å². The molecule has 0 saturated carbocycles. The Morgan fingerprint density at radius 1 is 1.00 bits per heavy atom. The van der Waals surface area contributed by atoms with Gasteiger partial charge in [0.1, 0.15) is 6.10 Å². The van der Waals surface area contributed by atoms with Crippen molar-refractivity contribution in [2.75, 3.05) is 0 Å². The normalized spacial score (nSPS) is 21.3. The van der Waals surface area contributed by atoms with Crippen LogP contribution in [0.15, 0.2) is 12.1 Å². The van der Waals surface area contributed by atoms with E-state index >= 15 is 0 Å². The molecule has 8 radical (unpaired) electrons. The van der Waals surface area contributed by atoms with Gasteiger partial charge >= 0.3 is 0 Å². The van der Waals surface area contributed by atoms with E-state index in [1.54, 1.807) is 0 Å². The Hall–Kier alpha value is -0.970. The Balaban J connectivity index is 2.33. The molecule has 0 spiro atoms. The first kappa shape index (κ1) is 13.5. The third-order valence-electron chi connectivity index (χ3n) is 2.54. The van der Waals surface area contributed by atoms with Gasteiger partial charge in [0.05, 0.1) is 31.4 Å². The van der Waals surface area contributed by atoms with Crippen LogP contribution in [0.2, 0.25) is 0 Å². The van der Waals surface area contributed by atoms with Crippen LogP contribution in [0.5, 0.6) is 5.75 Å². The molecule has 2 nitrogen and oxygen atoms in total. The van der Waals surface area contributed by atoms with Gasteiger partial charge < -0.3 is 10.1 Å². The smallest absolute Gasteiger partial charge is 0.203 e. The lowest BCUT2D eigenvalue weighted by Crippen LogP contribution is -2.86. The van der Waals surface area contributed by atoms with Crippen molar-refractivity contribution in [1.82, 2.24) is 5.32 Å². The first-order chi connectivity index (χ1) is 8.15. The third-order valence-corrected chi connectivity index (χ3v) is 2.54. The largest absolute Gasteiger partial charge is 0.484 e. The molecule has 0 unspecified atom stereocenters. The van der Waals surface area contributed by atoms with Gasteiger partial charge in [0.15, 0.2) is 17.4 Å². The highest BCUT2D eigenvalue weighted by Gasteiger charge is 2.52. The van der Waals surface area contributed by atoms with Crippen LogP contribution in [0, 0.1) is 17.5 Å². The average molecular weight is 242 g/mol. The van der Waals surface area contributed by atoms with Gasteiger partial charge in [0.2, 0.25) is 5.82 Å². The summed E-state index contributed by atoms with van der Waals surface area (Å²) in [5.41, 5.74) is 0. The summed E-state index contributed by atoms with van der Waals surface area (Å²) in [5, 5.41) is -1.01. The van der Waals surface area contributed by atoms with E-state index in [2.05, 4.69) is 5.32 Å². The number of ether oxygens (including phenoxy) is 1. The zero-order valence-electron chi connectivity index (χ0n) is 9.08. The van der Waals surface area contributed by atoms with Crippen LogP contribution in [0.3, 0.4) is 0 Å². The van der Waals surface area contributed by atoms with E-state index in [9.17, 15) is 13.2 Å². The minimum absolute atomic E-state index is 0.618. The fourth-order valence-electron chi connectivity index (χ4n) is 1.75. The van der Waals surface area contributed by atoms with Crippen molar-refractivity contribution in [2.24, 2.45) is 0 Å². The molecule has 1 aliphatic rings. The fraction of sp³-hybridized carbons (Fsp3) is 0.333. The van der Waals surface area contributed by atoms with Gasteiger partial charge in [-0.3, -0.25) is 0 Å². The van der Waals surface area contributed by atoms with Gasteiger partial charge in [-0.05, 0) is 22.8 Å². The molecule has 2 rings (SSSR count). The number of rotatable bonds is 2. The van der Waals surface area contributed by atoms with E-state index in [4.69, 9.17) is 36.1 Å².